The Hall–Kier alpha value is -1.09. The maximum Gasteiger partial charge on any atom is 0.137 e. The van der Waals surface area contributed by atoms with E-state index in [1.807, 2.05) is 38.1 Å². The summed E-state index contributed by atoms with van der Waals surface area (Å²) in [5.41, 5.74) is -0.580. The van der Waals surface area contributed by atoms with Gasteiger partial charge >= 0.3 is 0 Å². The molecule has 1 aromatic carbocycles. The number of halogens is 1. The molecule has 19 heavy (non-hydrogen) atoms. The zero-order valence-electron chi connectivity index (χ0n) is 12.1. The van der Waals surface area contributed by atoms with E-state index >= 15 is 4.39 Å². The van der Waals surface area contributed by atoms with Gasteiger partial charge in [0.2, 0.25) is 0 Å². The molecule has 1 heterocycles. The molecule has 1 fully saturated rings. The minimum absolute atomic E-state index is 0.0375. The highest BCUT2D eigenvalue weighted by Gasteiger charge is 2.36. The van der Waals surface area contributed by atoms with E-state index in [-0.39, 0.29) is 12.0 Å². The average molecular weight is 265 g/mol. The molecule has 1 aromatic rings. The van der Waals surface area contributed by atoms with Gasteiger partial charge in [0, 0.05) is 12.5 Å². The lowest BCUT2D eigenvalue weighted by molar-refractivity contribution is 0.0807. The molecule has 0 saturated carbocycles. The minimum atomic E-state index is -1.30. The number of piperidine rings is 1. The summed E-state index contributed by atoms with van der Waals surface area (Å²) in [6, 6.07) is 7.47. The zero-order chi connectivity index (χ0) is 13.9. The Labute approximate surface area is 115 Å². The van der Waals surface area contributed by atoms with E-state index in [1.54, 1.807) is 6.92 Å². The first-order valence-corrected chi connectivity index (χ1v) is 7.17. The summed E-state index contributed by atoms with van der Waals surface area (Å²) in [4.78, 5) is 0. The first-order valence-electron chi connectivity index (χ1n) is 7.17. The smallest absolute Gasteiger partial charge is 0.137 e. The van der Waals surface area contributed by atoms with Crippen molar-refractivity contribution < 1.29 is 9.13 Å². The Kier molecular flexibility index (Phi) is 4.46. The fourth-order valence-corrected chi connectivity index (χ4v) is 2.70. The molecule has 1 N–H and O–H groups in total. The van der Waals surface area contributed by atoms with E-state index in [4.69, 9.17) is 4.74 Å². The van der Waals surface area contributed by atoms with Gasteiger partial charge in [0.15, 0.2) is 0 Å². The molecular weight excluding hydrogens is 241 g/mol. The molecule has 2 rings (SSSR count). The van der Waals surface area contributed by atoms with Gasteiger partial charge in [-0.1, -0.05) is 12.1 Å². The molecule has 0 spiro atoms. The van der Waals surface area contributed by atoms with Crippen LogP contribution in [0.15, 0.2) is 24.3 Å². The van der Waals surface area contributed by atoms with Gasteiger partial charge in [-0.15, -0.1) is 0 Å². The second-order valence-corrected chi connectivity index (χ2v) is 5.81. The Bertz CT molecular complexity index is 411. The lowest BCUT2D eigenvalue weighted by Gasteiger charge is -2.34. The predicted molar refractivity (Wildman–Crippen MR) is 76.3 cm³/mol. The van der Waals surface area contributed by atoms with Crippen molar-refractivity contribution in [1.82, 2.24) is 5.32 Å². The number of hydrogen-bond acceptors (Lipinski definition) is 2. The van der Waals surface area contributed by atoms with E-state index < -0.39 is 5.67 Å². The van der Waals surface area contributed by atoms with Crippen molar-refractivity contribution in [3.05, 3.63) is 29.8 Å². The third kappa shape index (κ3) is 3.47. The lowest BCUT2D eigenvalue weighted by atomic mass is 9.80. The first-order chi connectivity index (χ1) is 9.00. The molecule has 2 unspecified atom stereocenters. The molecule has 1 aliphatic heterocycles. The molecule has 1 aliphatic rings. The monoisotopic (exact) mass is 265 g/mol. The molecule has 0 radical (unpaired) electrons. The SMILES string of the molecule is CC(C)Oc1cccc(C(C)(F)C2CCCNC2)c1. The molecule has 2 nitrogen and oxygen atoms in total. The van der Waals surface area contributed by atoms with Crippen LogP contribution in [0.2, 0.25) is 0 Å². The second kappa shape index (κ2) is 5.91. The summed E-state index contributed by atoms with van der Waals surface area (Å²) in [7, 11) is 0. The van der Waals surface area contributed by atoms with Crippen molar-refractivity contribution in [2.45, 2.75) is 45.4 Å². The summed E-state index contributed by atoms with van der Waals surface area (Å²) in [6.07, 6.45) is 2.10. The summed E-state index contributed by atoms with van der Waals surface area (Å²) in [5, 5.41) is 3.29. The van der Waals surface area contributed by atoms with Gasteiger partial charge in [-0.3, -0.25) is 0 Å². The van der Waals surface area contributed by atoms with E-state index in [2.05, 4.69) is 5.32 Å². The van der Waals surface area contributed by atoms with Crippen LogP contribution in [-0.4, -0.2) is 19.2 Å². The molecular formula is C16H24FNO. The standard InChI is InChI=1S/C16H24FNO/c1-12(2)19-15-8-4-6-13(10-15)16(3,17)14-7-5-9-18-11-14/h4,6,8,10,12,14,18H,5,7,9,11H2,1-3H3. The number of benzene rings is 1. The van der Waals surface area contributed by atoms with Crippen LogP contribution in [0.25, 0.3) is 0 Å². The van der Waals surface area contributed by atoms with Crippen molar-refractivity contribution in [2.24, 2.45) is 5.92 Å². The highest BCUT2D eigenvalue weighted by molar-refractivity contribution is 5.33. The Morgan fingerprint density at radius 1 is 1.42 bits per heavy atom. The van der Waals surface area contributed by atoms with Gasteiger partial charge in [0.25, 0.3) is 0 Å². The van der Waals surface area contributed by atoms with Crippen LogP contribution >= 0.6 is 0 Å². The fraction of sp³-hybridized carbons (Fsp3) is 0.625. The predicted octanol–water partition coefficient (Wildman–Crippen LogP) is 3.66. The van der Waals surface area contributed by atoms with E-state index in [0.29, 0.717) is 0 Å². The van der Waals surface area contributed by atoms with Crippen molar-refractivity contribution in [3.63, 3.8) is 0 Å². The Morgan fingerprint density at radius 3 is 2.84 bits per heavy atom. The third-order valence-electron chi connectivity index (χ3n) is 3.83. The largest absolute Gasteiger partial charge is 0.491 e. The van der Waals surface area contributed by atoms with Crippen LogP contribution in [-0.2, 0) is 5.67 Å². The van der Waals surface area contributed by atoms with Gasteiger partial charge in [0.1, 0.15) is 11.4 Å². The molecule has 3 heteroatoms. The van der Waals surface area contributed by atoms with Gasteiger partial charge in [-0.25, -0.2) is 4.39 Å². The summed E-state index contributed by atoms with van der Waals surface area (Å²) in [5.74, 6) is 0.788. The van der Waals surface area contributed by atoms with E-state index in [9.17, 15) is 0 Å². The van der Waals surface area contributed by atoms with Crippen LogP contribution in [0.4, 0.5) is 4.39 Å². The highest BCUT2D eigenvalue weighted by atomic mass is 19.1. The van der Waals surface area contributed by atoms with Gasteiger partial charge in [-0.2, -0.15) is 0 Å². The van der Waals surface area contributed by atoms with Crippen LogP contribution in [0.3, 0.4) is 0 Å². The molecule has 0 aliphatic carbocycles. The van der Waals surface area contributed by atoms with Crippen LogP contribution < -0.4 is 10.1 Å². The normalized spacial score (nSPS) is 23.1. The lowest BCUT2D eigenvalue weighted by Crippen LogP contribution is -2.40. The minimum Gasteiger partial charge on any atom is -0.491 e. The molecule has 0 bridgehead atoms. The van der Waals surface area contributed by atoms with E-state index in [1.165, 1.54) is 0 Å². The Morgan fingerprint density at radius 2 is 2.21 bits per heavy atom. The highest BCUT2D eigenvalue weighted by Crippen LogP contribution is 2.38. The number of ether oxygens (including phenoxy) is 1. The van der Waals surface area contributed by atoms with Crippen molar-refractivity contribution in [3.8, 4) is 5.75 Å². The maximum atomic E-state index is 15.1. The summed E-state index contributed by atoms with van der Waals surface area (Å²) >= 11 is 0. The number of alkyl halides is 1. The average Bonchev–Trinajstić information content (AvgIpc) is 2.39. The Balaban J connectivity index is 2.18. The van der Waals surface area contributed by atoms with Crippen LogP contribution in [0.5, 0.6) is 5.75 Å². The number of hydrogen-bond donors (Lipinski definition) is 1. The molecule has 106 valence electrons. The molecule has 1 saturated heterocycles. The van der Waals surface area contributed by atoms with Crippen LogP contribution in [0, 0.1) is 5.92 Å². The maximum absolute atomic E-state index is 15.1. The molecule has 0 aromatic heterocycles. The van der Waals surface area contributed by atoms with Gasteiger partial charge < -0.3 is 10.1 Å². The topological polar surface area (TPSA) is 21.3 Å². The fourth-order valence-electron chi connectivity index (χ4n) is 2.70. The van der Waals surface area contributed by atoms with E-state index in [0.717, 1.165) is 37.2 Å². The summed E-state index contributed by atoms with van der Waals surface area (Å²) < 4.78 is 20.8. The molecule has 0 amide bonds. The summed E-state index contributed by atoms with van der Waals surface area (Å²) in [6.45, 7) is 7.41. The van der Waals surface area contributed by atoms with Crippen molar-refractivity contribution in [1.29, 1.82) is 0 Å². The zero-order valence-corrected chi connectivity index (χ0v) is 12.1. The first kappa shape index (κ1) is 14.3. The number of nitrogens with one attached hydrogen (secondary N) is 1. The number of rotatable bonds is 4. The second-order valence-electron chi connectivity index (χ2n) is 5.81. The van der Waals surface area contributed by atoms with Crippen molar-refractivity contribution in [2.75, 3.05) is 13.1 Å². The van der Waals surface area contributed by atoms with Crippen LogP contribution in [0.1, 0.15) is 39.2 Å². The molecule has 2 atom stereocenters. The van der Waals surface area contributed by atoms with Gasteiger partial charge in [0.05, 0.1) is 6.10 Å². The van der Waals surface area contributed by atoms with Crippen molar-refractivity contribution >= 4 is 0 Å². The van der Waals surface area contributed by atoms with Gasteiger partial charge in [-0.05, 0) is 57.9 Å². The quantitative estimate of drug-likeness (QED) is 0.897. The third-order valence-corrected chi connectivity index (χ3v) is 3.83.